The highest BCUT2D eigenvalue weighted by molar-refractivity contribution is 5.50. The highest BCUT2D eigenvalue weighted by Gasteiger charge is 2.24. The van der Waals surface area contributed by atoms with Gasteiger partial charge in [-0.15, -0.1) is 0 Å². The number of hydrogen-bond donors (Lipinski definition) is 0. The van der Waals surface area contributed by atoms with Gasteiger partial charge in [0.2, 0.25) is 0 Å². The standard InChI is InChI=1S/C22H39N/c1-9-11-12-18(10-2)17-23(22(6,7)8)20-15-13-19(14-16-20)21(3,4)5/h13-16,18H,9-12,17H2,1-8H3. The summed E-state index contributed by atoms with van der Waals surface area (Å²) in [6.45, 7) is 19.6. The van der Waals surface area contributed by atoms with Gasteiger partial charge in [0.15, 0.2) is 0 Å². The van der Waals surface area contributed by atoms with E-state index in [-0.39, 0.29) is 11.0 Å². The molecule has 132 valence electrons. The monoisotopic (exact) mass is 317 g/mol. The predicted octanol–water partition coefficient (Wildman–Crippen LogP) is 6.81. The van der Waals surface area contributed by atoms with Crippen LogP contribution in [0.3, 0.4) is 0 Å². The molecule has 0 saturated carbocycles. The molecule has 0 saturated heterocycles. The van der Waals surface area contributed by atoms with Gasteiger partial charge < -0.3 is 4.90 Å². The third-order valence-electron chi connectivity index (χ3n) is 4.84. The molecule has 1 nitrogen and oxygen atoms in total. The summed E-state index contributed by atoms with van der Waals surface area (Å²) >= 11 is 0. The number of benzene rings is 1. The second kappa shape index (κ2) is 8.22. The maximum atomic E-state index is 2.60. The van der Waals surface area contributed by atoms with Crippen LogP contribution in [0.15, 0.2) is 24.3 Å². The molecule has 1 unspecified atom stereocenters. The molecule has 1 aromatic rings. The minimum Gasteiger partial charge on any atom is -0.366 e. The van der Waals surface area contributed by atoms with Crippen molar-refractivity contribution in [2.75, 3.05) is 11.4 Å². The first-order valence-corrected chi connectivity index (χ1v) is 9.47. The highest BCUT2D eigenvalue weighted by Crippen LogP contribution is 2.30. The Bertz CT molecular complexity index is 444. The van der Waals surface area contributed by atoms with E-state index < -0.39 is 0 Å². The molecule has 0 aliphatic heterocycles. The lowest BCUT2D eigenvalue weighted by Gasteiger charge is -2.40. The zero-order valence-corrected chi connectivity index (χ0v) is 16.9. The molecule has 1 rings (SSSR count). The molecule has 0 N–H and O–H groups in total. The molecular formula is C22H39N. The molecule has 0 radical (unpaired) electrons. The Labute approximate surface area is 145 Å². The van der Waals surface area contributed by atoms with Gasteiger partial charge in [-0.2, -0.15) is 0 Å². The van der Waals surface area contributed by atoms with E-state index in [4.69, 9.17) is 0 Å². The Kier molecular flexibility index (Phi) is 7.17. The van der Waals surface area contributed by atoms with Crippen LogP contribution in [0, 0.1) is 5.92 Å². The largest absolute Gasteiger partial charge is 0.366 e. The van der Waals surface area contributed by atoms with Crippen LogP contribution in [0.1, 0.15) is 86.6 Å². The van der Waals surface area contributed by atoms with Gasteiger partial charge in [-0.3, -0.25) is 0 Å². The van der Waals surface area contributed by atoms with Gasteiger partial charge in [0.05, 0.1) is 0 Å². The van der Waals surface area contributed by atoms with Gasteiger partial charge in [0.1, 0.15) is 0 Å². The quantitative estimate of drug-likeness (QED) is 0.534. The number of anilines is 1. The second-order valence-electron chi connectivity index (χ2n) is 8.99. The van der Waals surface area contributed by atoms with E-state index in [1.54, 1.807) is 0 Å². The van der Waals surface area contributed by atoms with Crippen molar-refractivity contribution in [3.05, 3.63) is 29.8 Å². The molecule has 0 bridgehead atoms. The Morgan fingerprint density at radius 2 is 1.48 bits per heavy atom. The lowest BCUT2D eigenvalue weighted by Crippen LogP contribution is -2.44. The van der Waals surface area contributed by atoms with E-state index in [2.05, 4.69) is 84.6 Å². The van der Waals surface area contributed by atoms with E-state index in [9.17, 15) is 0 Å². The number of rotatable bonds is 7. The summed E-state index contributed by atoms with van der Waals surface area (Å²) < 4.78 is 0. The highest BCUT2D eigenvalue weighted by atomic mass is 15.2. The smallest absolute Gasteiger partial charge is 0.0370 e. The van der Waals surface area contributed by atoms with E-state index in [0.29, 0.717) is 0 Å². The zero-order valence-electron chi connectivity index (χ0n) is 16.9. The average molecular weight is 318 g/mol. The summed E-state index contributed by atoms with van der Waals surface area (Å²) in [6.07, 6.45) is 5.26. The van der Waals surface area contributed by atoms with Gasteiger partial charge in [-0.05, 0) is 56.2 Å². The summed E-state index contributed by atoms with van der Waals surface area (Å²) in [7, 11) is 0. The summed E-state index contributed by atoms with van der Waals surface area (Å²) in [6, 6.07) is 9.25. The van der Waals surface area contributed by atoms with Crippen LogP contribution in [0.2, 0.25) is 0 Å². The Balaban J connectivity index is 2.98. The van der Waals surface area contributed by atoms with Crippen molar-refractivity contribution in [3.8, 4) is 0 Å². The van der Waals surface area contributed by atoms with E-state index in [0.717, 1.165) is 12.5 Å². The van der Waals surface area contributed by atoms with Gasteiger partial charge >= 0.3 is 0 Å². The third-order valence-corrected chi connectivity index (χ3v) is 4.84. The fourth-order valence-corrected chi connectivity index (χ4v) is 3.08. The molecular weight excluding hydrogens is 278 g/mol. The molecule has 0 aliphatic carbocycles. The Hall–Kier alpha value is -0.980. The van der Waals surface area contributed by atoms with Crippen LogP contribution in [0.25, 0.3) is 0 Å². The maximum absolute atomic E-state index is 2.60. The van der Waals surface area contributed by atoms with Crippen LogP contribution in [0.4, 0.5) is 5.69 Å². The summed E-state index contributed by atoms with van der Waals surface area (Å²) in [5.74, 6) is 0.788. The first kappa shape index (κ1) is 20.1. The average Bonchev–Trinajstić information content (AvgIpc) is 2.45. The number of unbranched alkanes of at least 4 members (excludes halogenated alkanes) is 1. The first-order valence-electron chi connectivity index (χ1n) is 9.47. The lowest BCUT2D eigenvalue weighted by atomic mass is 9.87. The summed E-state index contributed by atoms with van der Waals surface area (Å²) in [5, 5.41) is 0. The fraction of sp³-hybridized carbons (Fsp3) is 0.727. The maximum Gasteiger partial charge on any atom is 0.0370 e. The van der Waals surface area contributed by atoms with Crippen LogP contribution in [-0.2, 0) is 5.41 Å². The molecule has 0 aliphatic rings. The number of nitrogens with zero attached hydrogens (tertiary/aromatic N) is 1. The Morgan fingerprint density at radius 3 is 1.87 bits per heavy atom. The van der Waals surface area contributed by atoms with Crippen LogP contribution < -0.4 is 4.90 Å². The van der Waals surface area contributed by atoms with Crippen molar-refractivity contribution in [2.24, 2.45) is 5.92 Å². The zero-order chi connectivity index (χ0) is 17.7. The molecule has 0 aromatic heterocycles. The lowest BCUT2D eigenvalue weighted by molar-refractivity contribution is 0.397. The molecule has 0 amide bonds. The van der Waals surface area contributed by atoms with Gasteiger partial charge in [-0.1, -0.05) is 66.0 Å². The van der Waals surface area contributed by atoms with Crippen LogP contribution >= 0.6 is 0 Å². The van der Waals surface area contributed by atoms with Crippen molar-refractivity contribution in [3.63, 3.8) is 0 Å². The van der Waals surface area contributed by atoms with Crippen LogP contribution in [-0.4, -0.2) is 12.1 Å². The van der Waals surface area contributed by atoms with Gasteiger partial charge in [0, 0.05) is 17.8 Å². The summed E-state index contributed by atoms with van der Waals surface area (Å²) in [4.78, 5) is 2.60. The van der Waals surface area contributed by atoms with Crippen molar-refractivity contribution < 1.29 is 0 Å². The van der Waals surface area contributed by atoms with Crippen molar-refractivity contribution in [1.82, 2.24) is 0 Å². The second-order valence-corrected chi connectivity index (χ2v) is 8.99. The molecule has 0 spiro atoms. The van der Waals surface area contributed by atoms with Gasteiger partial charge in [0.25, 0.3) is 0 Å². The third kappa shape index (κ3) is 6.20. The molecule has 1 aromatic carbocycles. The molecule has 23 heavy (non-hydrogen) atoms. The van der Waals surface area contributed by atoms with Crippen molar-refractivity contribution >= 4 is 5.69 Å². The van der Waals surface area contributed by atoms with Crippen molar-refractivity contribution in [1.29, 1.82) is 0 Å². The minimum atomic E-state index is 0.156. The SMILES string of the molecule is CCCCC(CC)CN(c1ccc(C(C)(C)C)cc1)C(C)(C)C. The minimum absolute atomic E-state index is 0.156. The fourth-order valence-electron chi connectivity index (χ4n) is 3.08. The Morgan fingerprint density at radius 1 is 0.913 bits per heavy atom. The predicted molar refractivity (Wildman–Crippen MR) is 106 cm³/mol. The first-order chi connectivity index (χ1) is 10.6. The molecule has 0 heterocycles. The molecule has 0 fully saturated rings. The van der Waals surface area contributed by atoms with Gasteiger partial charge in [-0.25, -0.2) is 0 Å². The summed E-state index contributed by atoms with van der Waals surface area (Å²) in [5.41, 5.74) is 3.15. The topological polar surface area (TPSA) is 3.24 Å². The van der Waals surface area contributed by atoms with E-state index >= 15 is 0 Å². The van der Waals surface area contributed by atoms with Crippen LogP contribution in [0.5, 0.6) is 0 Å². The van der Waals surface area contributed by atoms with Crippen molar-refractivity contribution in [2.45, 2.75) is 92.0 Å². The number of hydrogen-bond acceptors (Lipinski definition) is 1. The molecule has 1 heteroatoms. The van der Waals surface area contributed by atoms with E-state index in [1.165, 1.54) is 36.9 Å². The molecule has 1 atom stereocenters. The normalized spacial score (nSPS) is 13.9. The van der Waals surface area contributed by atoms with E-state index in [1.807, 2.05) is 0 Å².